The van der Waals surface area contributed by atoms with Crippen molar-refractivity contribution in [3.05, 3.63) is 29.8 Å². The molecule has 0 aliphatic heterocycles. The van der Waals surface area contributed by atoms with Gasteiger partial charge in [0.15, 0.2) is 0 Å². The Labute approximate surface area is 105 Å². The van der Waals surface area contributed by atoms with Crippen molar-refractivity contribution in [3.8, 4) is 0 Å². The fourth-order valence-corrected chi connectivity index (χ4v) is 2.52. The van der Waals surface area contributed by atoms with E-state index in [-0.39, 0.29) is 13.2 Å². The normalized spacial score (nSPS) is 11.7. The molecule has 0 saturated heterocycles. The predicted octanol–water partition coefficient (Wildman–Crippen LogP) is 1.41. The molecule has 0 atom stereocenters. The van der Waals surface area contributed by atoms with Crippen molar-refractivity contribution in [1.82, 2.24) is 4.72 Å². The van der Waals surface area contributed by atoms with E-state index >= 15 is 0 Å². The highest BCUT2D eigenvalue weighted by molar-refractivity contribution is 7.89. The number of benzene rings is 1. The second-order valence-corrected chi connectivity index (χ2v) is 5.49. The third-order valence-electron chi connectivity index (χ3n) is 2.31. The van der Waals surface area contributed by atoms with Gasteiger partial charge >= 0.3 is 0 Å². The third kappa shape index (κ3) is 4.32. The molecular formula is C11H15F2NO3S. The first-order valence-corrected chi connectivity index (χ1v) is 7.01. The summed E-state index contributed by atoms with van der Waals surface area (Å²) in [5.74, 6) is -1.94. The summed E-state index contributed by atoms with van der Waals surface area (Å²) in [5.41, 5.74) is 0. The van der Waals surface area contributed by atoms with Crippen LogP contribution in [0.2, 0.25) is 0 Å². The first-order chi connectivity index (χ1) is 8.47. The molecule has 0 saturated carbocycles. The van der Waals surface area contributed by atoms with Gasteiger partial charge in [0.2, 0.25) is 10.0 Å². The fourth-order valence-electron chi connectivity index (χ4n) is 1.39. The van der Waals surface area contributed by atoms with Gasteiger partial charge in [0.1, 0.15) is 16.5 Å². The zero-order chi connectivity index (χ0) is 13.6. The van der Waals surface area contributed by atoms with Crippen molar-refractivity contribution in [2.45, 2.75) is 24.2 Å². The lowest BCUT2D eigenvalue weighted by molar-refractivity contribution is 0.283. The number of hydrogen-bond acceptors (Lipinski definition) is 3. The topological polar surface area (TPSA) is 66.4 Å². The van der Waals surface area contributed by atoms with E-state index < -0.39 is 26.6 Å². The summed E-state index contributed by atoms with van der Waals surface area (Å²) in [6, 6.07) is 2.31. The molecule has 18 heavy (non-hydrogen) atoms. The van der Waals surface area contributed by atoms with Crippen LogP contribution in [0, 0.1) is 11.6 Å². The highest BCUT2D eigenvalue weighted by Gasteiger charge is 2.18. The number of unbranched alkanes of at least 4 members (excludes halogenated alkanes) is 2. The maximum absolute atomic E-state index is 13.3. The second kappa shape index (κ2) is 6.77. The lowest BCUT2D eigenvalue weighted by Crippen LogP contribution is -2.25. The molecule has 0 aliphatic rings. The Morgan fingerprint density at radius 1 is 1.17 bits per heavy atom. The molecule has 0 amide bonds. The fraction of sp³-hybridized carbons (Fsp3) is 0.455. The van der Waals surface area contributed by atoms with Crippen LogP contribution in [-0.4, -0.2) is 26.7 Å². The van der Waals surface area contributed by atoms with E-state index in [1.54, 1.807) is 0 Å². The number of aliphatic hydroxyl groups excluding tert-OH is 1. The van der Waals surface area contributed by atoms with Crippen LogP contribution in [-0.2, 0) is 10.0 Å². The minimum absolute atomic E-state index is 0.0549. The first-order valence-electron chi connectivity index (χ1n) is 5.53. The standard InChI is InChI=1S/C11H15F2NO3S/c12-9-4-5-11(10(13)8-9)18(16,17)14-6-2-1-3-7-15/h4-5,8,14-15H,1-3,6-7H2. The van der Waals surface area contributed by atoms with Crippen LogP contribution >= 0.6 is 0 Å². The molecule has 0 aliphatic carbocycles. The molecule has 4 nitrogen and oxygen atoms in total. The quantitative estimate of drug-likeness (QED) is 0.742. The van der Waals surface area contributed by atoms with Crippen LogP contribution in [0.4, 0.5) is 8.78 Å². The van der Waals surface area contributed by atoms with Gasteiger partial charge in [-0.1, -0.05) is 0 Å². The molecule has 0 radical (unpaired) electrons. The number of nitrogens with one attached hydrogen (secondary N) is 1. The summed E-state index contributed by atoms with van der Waals surface area (Å²) in [4.78, 5) is -0.564. The van der Waals surface area contributed by atoms with Crippen molar-refractivity contribution in [1.29, 1.82) is 0 Å². The van der Waals surface area contributed by atoms with Gasteiger partial charge in [0.25, 0.3) is 0 Å². The molecule has 1 rings (SSSR count). The Morgan fingerprint density at radius 2 is 1.89 bits per heavy atom. The Hall–Kier alpha value is -1.05. The van der Waals surface area contributed by atoms with Gasteiger partial charge in [-0.15, -0.1) is 0 Å². The summed E-state index contributed by atoms with van der Waals surface area (Å²) in [6.07, 6.45) is 1.81. The molecule has 0 fully saturated rings. The van der Waals surface area contributed by atoms with E-state index in [1.165, 1.54) is 0 Å². The van der Waals surface area contributed by atoms with Gasteiger partial charge in [0, 0.05) is 19.2 Å². The SMILES string of the molecule is O=S(=O)(NCCCCCO)c1ccc(F)cc1F. The zero-order valence-corrected chi connectivity index (χ0v) is 10.5. The molecule has 0 spiro atoms. The minimum atomic E-state index is -3.95. The molecule has 102 valence electrons. The van der Waals surface area contributed by atoms with E-state index in [0.717, 1.165) is 12.1 Å². The number of halogens is 2. The lowest BCUT2D eigenvalue weighted by atomic mass is 10.2. The van der Waals surface area contributed by atoms with Gasteiger partial charge in [-0.3, -0.25) is 0 Å². The van der Waals surface area contributed by atoms with Crippen molar-refractivity contribution in [2.24, 2.45) is 0 Å². The van der Waals surface area contributed by atoms with Crippen LogP contribution in [0.1, 0.15) is 19.3 Å². The summed E-state index contributed by atoms with van der Waals surface area (Å²) in [7, 11) is -3.95. The van der Waals surface area contributed by atoms with Gasteiger partial charge in [0.05, 0.1) is 0 Å². The van der Waals surface area contributed by atoms with Crippen molar-refractivity contribution in [2.75, 3.05) is 13.2 Å². The van der Waals surface area contributed by atoms with Crippen LogP contribution in [0.3, 0.4) is 0 Å². The summed E-state index contributed by atoms with van der Waals surface area (Å²) < 4.78 is 51.5. The van der Waals surface area contributed by atoms with E-state index in [0.29, 0.717) is 25.3 Å². The largest absolute Gasteiger partial charge is 0.396 e. The molecule has 0 unspecified atom stereocenters. The summed E-state index contributed by atoms with van der Waals surface area (Å²) in [5, 5.41) is 8.54. The van der Waals surface area contributed by atoms with E-state index in [4.69, 9.17) is 5.11 Å². The third-order valence-corrected chi connectivity index (χ3v) is 3.80. The Bertz CT molecular complexity index is 491. The monoisotopic (exact) mass is 279 g/mol. The molecule has 1 aromatic carbocycles. The van der Waals surface area contributed by atoms with Crippen molar-refractivity contribution in [3.63, 3.8) is 0 Å². The van der Waals surface area contributed by atoms with E-state index in [2.05, 4.69) is 4.72 Å². The zero-order valence-electron chi connectivity index (χ0n) is 9.70. The molecular weight excluding hydrogens is 264 g/mol. The average Bonchev–Trinajstić information content (AvgIpc) is 2.28. The highest BCUT2D eigenvalue weighted by Crippen LogP contribution is 2.15. The Kier molecular flexibility index (Phi) is 5.64. The van der Waals surface area contributed by atoms with E-state index in [1.807, 2.05) is 0 Å². The smallest absolute Gasteiger partial charge is 0.243 e. The number of hydrogen-bond donors (Lipinski definition) is 2. The molecule has 0 heterocycles. The average molecular weight is 279 g/mol. The highest BCUT2D eigenvalue weighted by atomic mass is 32.2. The molecule has 2 N–H and O–H groups in total. The maximum atomic E-state index is 13.3. The first kappa shape index (κ1) is 15.0. The number of sulfonamides is 1. The van der Waals surface area contributed by atoms with Crippen LogP contribution in [0.15, 0.2) is 23.1 Å². The van der Waals surface area contributed by atoms with Gasteiger partial charge in [-0.25, -0.2) is 21.9 Å². The maximum Gasteiger partial charge on any atom is 0.243 e. The van der Waals surface area contributed by atoms with Crippen LogP contribution in [0.5, 0.6) is 0 Å². The van der Waals surface area contributed by atoms with Crippen LogP contribution in [0.25, 0.3) is 0 Å². The lowest BCUT2D eigenvalue weighted by Gasteiger charge is -2.07. The number of rotatable bonds is 7. The Morgan fingerprint density at radius 3 is 2.50 bits per heavy atom. The molecule has 7 heteroatoms. The number of aliphatic hydroxyl groups is 1. The van der Waals surface area contributed by atoms with Gasteiger partial charge in [-0.05, 0) is 31.4 Å². The predicted molar refractivity (Wildman–Crippen MR) is 62.5 cm³/mol. The second-order valence-electron chi connectivity index (χ2n) is 3.76. The summed E-state index contributed by atoms with van der Waals surface area (Å²) >= 11 is 0. The summed E-state index contributed by atoms with van der Waals surface area (Å²) in [6.45, 7) is 0.207. The molecule has 0 aromatic heterocycles. The van der Waals surface area contributed by atoms with Crippen molar-refractivity contribution >= 4 is 10.0 Å². The molecule has 1 aromatic rings. The molecule has 0 bridgehead atoms. The van der Waals surface area contributed by atoms with E-state index in [9.17, 15) is 17.2 Å². The van der Waals surface area contributed by atoms with Crippen LogP contribution < -0.4 is 4.72 Å². The minimum Gasteiger partial charge on any atom is -0.396 e. The van der Waals surface area contributed by atoms with Gasteiger partial charge < -0.3 is 5.11 Å². The van der Waals surface area contributed by atoms with Crippen molar-refractivity contribution < 1.29 is 22.3 Å². The van der Waals surface area contributed by atoms with Gasteiger partial charge in [-0.2, -0.15) is 0 Å². The Balaban J connectivity index is 2.63.